The molecule has 0 radical (unpaired) electrons. The van der Waals surface area contributed by atoms with Gasteiger partial charge in [0.1, 0.15) is 51.8 Å². The van der Waals surface area contributed by atoms with Gasteiger partial charge in [0, 0.05) is 52.5 Å². The lowest BCUT2D eigenvalue weighted by molar-refractivity contribution is -0.143. The molecule has 3 unspecified atom stereocenters. The van der Waals surface area contributed by atoms with Crippen LogP contribution >= 0.6 is 11.6 Å². The van der Waals surface area contributed by atoms with Crippen molar-refractivity contribution < 1.29 is 61.9 Å². The summed E-state index contributed by atoms with van der Waals surface area (Å²) in [5.74, 6) is -3.36. The second-order valence-electron chi connectivity index (χ2n) is 15.2. The van der Waals surface area contributed by atoms with Crippen LogP contribution in [-0.4, -0.2) is 74.8 Å². The van der Waals surface area contributed by atoms with Crippen LogP contribution in [0.1, 0.15) is 60.2 Å². The molecule has 0 saturated heterocycles. The van der Waals surface area contributed by atoms with Gasteiger partial charge in [-0.05, 0) is 68.5 Å². The molecule has 0 fully saturated rings. The summed E-state index contributed by atoms with van der Waals surface area (Å²) < 4.78 is 170. The van der Waals surface area contributed by atoms with Crippen LogP contribution in [-0.2, 0) is 69.4 Å². The van der Waals surface area contributed by atoms with E-state index < -0.39 is 141 Å². The summed E-state index contributed by atoms with van der Waals surface area (Å²) in [6.45, 7) is -0.757. The molecule has 1 aliphatic rings. The number of fused-ring (bicyclic) bond motifs is 2. The quantitative estimate of drug-likeness (QED) is 0.0996. The molecule has 0 spiro atoms. The van der Waals surface area contributed by atoms with Crippen LogP contribution in [0.2, 0.25) is 5.02 Å². The molecule has 3 aromatic heterocycles. The topological polar surface area (TPSA) is 158 Å². The molecule has 2 aromatic carbocycles. The van der Waals surface area contributed by atoms with Crippen LogP contribution in [0.15, 0.2) is 42.5 Å². The summed E-state index contributed by atoms with van der Waals surface area (Å²) >= 11 is 6.59. The second kappa shape index (κ2) is 18.1. The number of pyridine rings is 1. The zero-order valence-corrected chi connectivity index (χ0v) is 36.6. The minimum absolute atomic E-state index is 0.123. The number of aromatic nitrogens is 5. The number of rotatable bonds is 12. The van der Waals surface area contributed by atoms with E-state index in [-0.39, 0.29) is 43.2 Å². The molecule has 3 heterocycles. The Bertz CT molecular complexity index is 2810. The standard InChI is InChI=1S/C40H35ClF10N8O4S2/c1-37(2,64(3)62)11-9-23-5-6-24(25-7-8-27(41)31-33(25)58(19-39(46,47)48)56-36(31)59(65(4)63)30(61)17-52)32(53-23)28(15-20-13-21(42)16-22(43)14-20)54-29(60)18-57-35-26(10-12-38(35,44)45)34(55-57)40(49,50)51/h5-8,13-14,16,28H,10,12,15,17-19,52H2,1-4H3,(H,54,60). The van der Waals surface area contributed by atoms with Crippen molar-refractivity contribution in [1.82, 2.24) is 29.9 Å². The highest BCUT2D eigenvalue weighted by Crippen LogP contribution is 2.47. The molecule has 3 atom stereocenters. The van der Waals surface area contributed by atoms with Crippen molar-refractivity contribution in [3.63, 3.8) is 0 Å². The number of hydrogen-bond donors (Lipinski definition) is 2. The number of benzene rings is 2. The third-order valence-corrected chi connectivity index (χ3v) is 12.8. The van der Waals surface area contributed by atoms with Gasteiger partial charge in [-0.25, -0.2) is 22.3 Å². The Labute approximate surface area is 372 Å². The van der Waals surface area contributed by atoms with Crippen molar-refractivity contribution >= 4 is 61.9 Å². The fraction of sp³-hybridized carbons (Fsp3) is 0.375. The van der Waals surface area contributed by atoms with Crippen LogP contribution in [0.25, 0.3) is 22.0 Å². The van der Waals surface area contributed by atoms with E-state index in [1.54, 1.807) is 13.8 Å². The lowest BCUT2D eigenvalue weighted by atomic mass is 9.93. The van der Waals surface area contributed by atoms with Crippen LogP contribution in [0.5, 0.6) is 0 Å². The lowest BCUT2D eigenvalue weighted by Crippen LogP contribution is -2.37. The van der Waals surface area contributed by atoms with E-state index in [0.717, 1.165) is 18.4 Å². The fourth-order valence-corrected chi connectivity index (χ4v) is 8.30. The summed E-state index contributed by atoms with van der Waals surface area (Å²) in [6.07, 6.45) is -10.1. The average Bonchev–Trinajstić information content (AvgIpc) is 3.84. The van der Waals surface area contributed by atoms with Gasteiger partial charge in [-0.2, -0.15) is 45.3 Å². The number of nitrogens with one attached hydrogen (secondary N) is 1. The van der Waals surface area contributed by atoms with Gasteiger partial charge in [-0.1, -0.05) is 23.6 Å². The van der Waals surface area contributed by atoms with Crippen molar-refractivity contribution in [2.24, 2.45) is 5.73 Å². The zero-order chi connectivity index (χ0) is 48.1. The van der Waals surface area contributed by atoms with Crippen molar-refractivity contribution in [2.45, 2.75) is 75.3 Å². The second-order valence-corrected chi connectivity index (χ2v) is 18.8. The average molecular weight is 981 g/mol. The number of alkyl halides is 8. The van der Waals surface area contributed by atoms with Crippen LogP contribution in [0.3, 0.4) is 0 Å². The third-order valence-electron chi connectivity index (χ3n) is 10.1. The summed E-state index contributed by atoms with van der Waals surface area (Å²) in [5, 5.41) is 9.17. The van der Waals surface area contributed by atoms with Gasteiger partial charge >= 0.3 is 12.4 Å². The molecule has 348 valence electrons. The maximum Gasteiger partial charge on any atom is 0.435 e. The minimum atomic E-state index is -5.18. The van der Waals surface area contributed by atoms with Gasteiger partial charge in [0.05, 0.1) is 34.2 Å². The van der Waals surface area contributed by atoms with Crippen molar-refractivity contribution in [3.05, 3.63) is 93.0 Å². The number of hydrogen-bond acceptors (Lipinski definition) is 8. The number of carbonyl (C=O) groups is 2. The Balaban J connectivity index is 1.63. The van der Waals surface area contributed by atoms with E-state index in [1.165, 1.54) is 30.5 Å². The summed E-state index contributed by atoms with van der Waals surface area (Å²) in [6, 6.07) is 5.55. The fourth-order valence-electron chi connectivity index (χ4n) is 7.14. The van der Waals surface area contributed by atoms with E-state index in [2.05, 4.69) is 32.3 Å². The SMILES string of the molecule is CS(=O)N(C(=O)CN)c1nn(CC(F)(F)F)c2c(-c3ccc(C#CC(C)(C)S(C)=O)nc3C(Cc3cc(F)cc(F)c3)NC(=O)Cn3nc(C(F)(F)F)c4c3C(F)(F)CC4)ccc(Cl)c12. The largest absolute Gasteiger partial charge is 0.435 e. The predicted molar refractivity (Wildman–Crippen MR) is 220 cm³/mol. The van der Waals surface area contributed by atoms with E-state index >= 15 is 8.78 Å². The molecule has 1 aliphatic carbocycles. The van der Waals surface area contributed by atoms with Crippen molar-refractivity contribution in [1.29, 1.82) is 0 Å². The van der Waals surface area contributed by atoms with E-state index in [1.807, 2.05) is 0 Å². The number of amides is 2. The first-order chi connectivity index (χ1) is 30.1. The lowest BCUT2D eigenvalue weighted by Gasteiger charge is -2.23. The maximum atomic E-state index is 15.1. The molecule has 5 aromatic rings. The number of nitrogens with zero attached hydrogens (tertiary/aromatic N) is 6. The smallest absolute Gasteiger partial charge is 0.346 e. The highest BCUT2D eigenvalue weighted by atomic mass is 35.5. The Morgan fingerprint density at radius 3 is 2.22 bits per heavy atom. The normalized spacial score (nSPS) is 15.3. The molecular formula is C40H35ClF10N8O4S2. The van der Waals surface area contributed by atoms with E-state index in [4.69, 9.17) is 17.3 Å². The number of halogens is 11. The van der Waals surface area contributed by atoms with Gasteiger partial charge in [-0.15, -0.1) is 0 Å². The van der Waals surface area contributed by atoms with Crippen molar-refractivity contribution in [3.8, 4) is 23.0 Å². The zero-order valence-electron chi connectivity index (χ0n) is 34.2. The molecule has 12 nitrogen and oxygen atoms in total. The van der Waals surface area contributed by atoms with Gasteiger partial charge in [0.2, 0.25) is 5.91 Å². The first-order valence-corrected chi connectivity index (χ1v) is 22.4. The maximum absolute atomic E-state index is 15.1. The highest BCUT2D eigenvalue weighted by molar-refractivity contribution is 7.86. The summed E-state index contributed by atoms with van der Waals surface area (Å²) in [5.41, 5.74) is 0.539. The molecule has 0 aliphatic heterocycles. The van der Waals surface area contributed by atoms with Gasteiger partial charge < -0.3 is 11.1 Å². The Kier molecular flexibility index (Phi) is 13.7. The first-order valence-electron chi connectivity index (χ1n) is 18.9. The van der Waals surface area contributed by atoms with Crippen LogP contribution in [0, 0.1) is 23.5 Å². The number of anilines is 1. The van der Waals surface area contributed by atoms with Gasteiger partial charge in [-0.3, -0.25) is 23.2 Å². The number of nitrogens with two attached hydrogens (primary N) is 1. The van der Waals surface area contributed by atoms with Crippen LogP contribution in [0.4, 0.5) is 49.7 Å². The summed E-state index contributed by atoms with van der Waals surface area (Å²) in [7, 11) is -3.82. The van der Waals surface area contributed by atoms with Gasteiger partial charge in [0.15, 0.2) is 11.5 Å². The Hall–Kier alpha value is -5.38. The molecule has 65 heavy (non-hydrogen) atoms. The van der Waals surface area contributed by atoms with E-state index in [0.29, 0.717) is 15.1 Å². The van der Waals surface area contributed by atoms with Crippen LogP contribution < -0.4 is 15.4 Å². The molecule has 0 bridgehead atoms. The molecule has 25 heteroatoms. The molecule has 6 rings (SSSR count). The third kappa shape index (κ3) is 10.5. The molecular weight excluding hydrogens is 946 g/mol. The molecule has 3 N–H and O–H groups in total. The Morgan fingerprint density at radius 1 is 0.985 bits per heavy atom. The molecule has 0 saturated carbocycles. The van der Waals surface area contributed by atoms with Gasteiger partial charge in [0.25, 0.3) is 11.8 Å². The molecule has 2 amide bonds. The van der Waals surface area contributed by atoms with Crippen molar-refractivity contribution in [2.75, 3.05) is 23.4 Å². The first kappa shape index (κ1) is 49.1. The predicted octanol–water partition coefficient (Wildman–Crippen LogP) is 7.04. The monoisotopic (exact) mass is 980 g/mol. The minimum Gasteiger partial charge on any atom is -0.346 e. The number of carbonyl (C=O) groups excluding carboxylic acids is 2. The highest BCUT2D eigenvalue weighted by Gasteiger charge is 2.50. The Morgan fingerprint density at radius 2 is 1.63 bits per heavy atom. The van der Waals surface area contributed by atoms with E-state index in [9.17, 15) is 53.1 Å². The summed E-state index contributed by atoms with van der Waals surface area (Å²) in [4.78, 5) is 31.6.